The van der Waals surface area contributed by atoms with Crippen LogP contribution in [-0.4, -0.2) is 17.3 Å². The van der Waals surface area contributed by atoms with Gasteiger partial charge in [0, 0.05) is 5.75 Å². The Balaban J connectivity index is 2.05. The van der Waals surface area contributed by atoms with Gasteiger partial charge in [0.25, 0.3) is 5.22 Å². The molecule has 0 atom stereocenters. The maximum atomic E-state index is 8.90. The van der Waals surface area contributed by atoms with E-state index in [4.69, 9.17) is 20.1 Å². The molecule has 0 saturated heterocycles. The number of nitrogens with zero attached hydrogens (tertiary/aromatic N) is 3. The lowest BCUT2D eigenvalue weighted by atomic mass is 10.1. The van der Waals surface area contributed by atoms with Crippen molar-refractivity contribution in [1.82, 2.24) is 10.2 Å². The quantitative estimate of drug-likeness (QED) is 0.830. The molecule has 19 heavy (non-hydrogen) atoms. The predicted molar refractivity (Wildman–Crippen MR) is 69.5 cm³/mol. The first-order valence-corrected chi connectivity index (χ1v) is 6.47. The number of rotatable bonds is 5. The van der Waals surface area contributed by atoms with Crippen LogP contribution in [0.5, 0.6) is 5.75 Å². The Morgan fingerprint density at radius 3 is 2.95 bits per heavy atom. The summed E-state index contributed by atoms with van der Waals surface area (Å²) in [6, 6.07) is 7.50. The third-order valence-electron chi connectivity index (χ3n) is 2.37. The molecule has 2 N–H and O–H groups in total. The molecule has 1 aromatic heterocycles. The molecular weight excluding hydrogens is 264 g/mol. The molecule has 1 aromatic carbocycles. The minimum Gasteiger partial charge on any atom is -0.495 e. The molecule has 0 aliphatic heterocycles. The minimum absolute atomic E-state index is 0.234. The van der Waals surface area contributed by atoms with Crippen LogP contribution in [0.25, 0.3) is 0 Å². The number of methoxy groups -OCH3 is 1. The molecule has 1 heterocycles. The van der Waals surface area contributed by atoms with E-state index in [1.165, 1.54) is 11.8 Å². The van der Waals surface area contributed by atoms with E-state index in [1.807, 2.05) is 12.1 Å². The van der Waals surface area contributed by atoms with E-state index in [0.29, 0.717) is 28.2 Å². The number of benzene rings is 1. The van der Waals surface area contributed by atoms with Crippen molar-refractivity contribution in [2.24, 2.45) is 5.73 Å². The molecule has 0 spiro atoms. The number of aromatic nitrogens is 2. The zero-order valence-electron chi connectivity index (χ0n) is 10.3. The fourth-order valence-corrected chi connectivity index (χ4v) is 2.17. The molecule has 7 heteroatoms. The molecule has 0 saturated carbocycles. The summed E-state index contributed by atoms with van der Waals surface area (Å²) >= 11 is 1.41. The van der Waals surface area contributed by atoms with Crippen LogP contribution in [0.15, 0.2) is 27.8 Å². The van der Waals surface area contributed by atoms with Crippen LogP contribution < -0.4 is 10.5 Å². The summed E-state index contributed by atoms with van der Waals surface area (Å²) in [5.74, 6) is 1.63. The molecule has 0 amide bonds. The van der Waals surface area contributed by atoms with Crippen LogP contribution >= 0.6 is 11.8 Å². The summed E-state index contributed by atoms with van der Waals surface area (Å²) in [6.45, 7) is 0.234. The van der Waals surface area contributed by atoms with Gasteiger partial charge in [0.15, 0.2) is 0 Å². The van der Waals surface area contributed by atoms with E-state index in [-0.39, 0.29) is 6.54 Å². The third-order valence-corrected chi connectivity index (χ3v) is 3.26. The molecule has 98 valence electrons. The maximum absolute atomic E-state index is 8.90. The smallest absolute Gasteiger partial charge is 0.276 e. The summed E-state index contributed by atoms with van der Waals surface area (Å²) in [7, 11) is 1.54. The van der Waals surface area contributed by atoms with Gasteiger partial charge in [-0.1, -0.05) is 17.8 Å². The van der Waals surface area contributed by atoms with Crippen molar-refractivity contribution in [2.45, 2.75) is 17.5 Å². The van der Waals surface area contributed by atoms with E-state index in [0.717, 1.165) is 5.56 Å². The van der Waals surface area contributed by atoms with E-state index in [2.05, 4.69) is 16.3 Å². The first-order chi connectivity index (χ1) is 9.26. The van der Waals surface area contributed by atoms with E-state index >= 15 is 0 Å². The number of nitriles is 1. The highest BCUT2D eigenvalue weighted by molar-refractivity contribution is 7.98. The lowest BCUT2D eigenvalue weighted by Crippen LogP contribution is -1.95. The normalized spacial score (nSPS) is 10.2. The van der Waals surface area contributed by atoms with Crippen LogP contribution in [0.1, 0.15) is 17.0 Å². The number of nitrogens with two attached hydrogens (primary N) is 1. The number of hydrogen-bond acceptors (Lipinski definition) is 7. The first-order valence-electron chi connectivity index (χ1n) is 5.49. The largest absolute Gasteiger partial charge is 0.495 e. The van der Waals surface area contributed by atoms with Crippen LogP contribution in [-0.2, 0) is 12.3 Å². The highest BCUT2D eigenvalue weighted by Crippen LogP contribution is 2.25. The van der Waals surface area contributed by atoms with Gasteiger partial charge in [-0.25, -0.2) is 0 Å². The molecule has 2 rings (SSSR count). The second-order valence-corrected chi connectivity index (χ2v) is 4.53. The van der Waals surface area contributed by atoms with Crippen molar-refractivity contribution < 1.29 is 9.15 Å². The Kier molecular flexibility index (Phi) is 4.39. The Morgan fingerprint density at radius 1 is 1.47 bits per heavy atom. The molecule has 2 aromatic rings. The standard InChI is InChI=1S/C12H12N4O2S/c1-17-10-4-8(2-3-9(10)5-13)7-19-12-16-15-11(6-14)18-12/h2-4H,6-7,14H2,1H3. The van der Waals surface area contributed by atoms with Crippen LogP contribution in [0.3, 0.4) is 0 Å². The average Bonchev–Trinajstić information content (AvgIpc) is 2.92. The zero-order chi connectivity index (χ0) is 13.7. The fraction of sp³-hybridized carbons (Fsp3) is 0.250. The maximum Gasteiger partial charge on any atom is 0.276 e. The third kappa shape index (κ3) is 3.24. The highest BCUT2D eigenvalue weighted by atomic mass is 32.2. The molecule has 0 unspecified atom stereocenters. The Morgan fingerprint density at radius 2 is 2.32 bits per heavy atom. The van der Waals surface area contributed by atoms with Crippen molar-refractivity contribution >= 4 is 11.8 Å². The number of hydrogen-bond donors (Lipinski definition) is 1. The molecule has 0 bridgehead atoms. The number of thioether (sulfide) groups is 1. The minimum atomic E-state index is 0.234. The summed E-state index contributed by atoms with van der Waals surface area (Å²) in [5.41, 5.74) is 6.91. The topological polar surface area (TPSA) is 98.0 Å². The lowest BCUT2D eigenvalue weighted by Gasteiger charge is -2.05. The van der Waals surface area contributed by atoms with Crippen molar-refractivity contribution in [3.63, 3.8) is 0 Å². The van der Waals surface area contributed by atoms with Gasteiger partial charge >= 0.3 is 0 Å². The molecular formula is C12H12N4O2S. The lowest BCUT2D eigenvalue weighted by molar-refractivity contribution is 0.412. The van der Waals surface area contributed by atoms with E-state index in [1.54, 1.807) is 13.2 Å². The Labute approximate surface area is 114 Å². The summed E-state index contributed by atoms with van der Waals surface area (Å²) in [5, 5.41) is 17.0. The van der Waals surface area contributed by atoms with Crippen LogP contribution in [0.2, 0.25) is 0 Å². The zero-order valence-corrected chi connectivity index (χ0v) is 11.1. The van der Waals surface area contributed by atoms with Gasteiger partial charge in [-0.3, -0.25) is 0 Å². The second kappa shape index (κ2) is 6.22. The van der Waals surface area contributed by atoms with Crippen molar-refractivity contribution in [3.05, 3.63) is 35.2 Å². The van der Waals surface area contributed by atoms with Gasteiger partial charge in [0.1, 0.15) is 11.8 Å². The molecule has 0 aliphatic rings. The van der Waals surface area contributed by atoms with Crippen molar-refractivity contribution in [3.8, 4) is 11.8 Å². The number of ether oxygens (including phenoxy) is 1. The van der Waals surface area contributed by atoms with Gasteiger partial charge in [0.2, 0.25) is 5.89 Å². The average molecular weight is 276 g/mol. The Bertz CT molecular complexity index is 606. The Hall–Kier alpha value is -2.04. The van der Waals surface area contributed by atoms with Crippen LogP contribution in [0, 0.1) is 11.3 Å². The molecule has 0 aliphatic carbocycles. The van der Waals surface area contributed by atoms with Crippen LogP contribution in [0.4, 0.5) is 0 Å². The SMILES string of the molecule is COc1cc(CSc2nnc(CN)o2)ccc1C#N. The second-order valence-electron chi connectivity index (χ2n) is 3.60. The van der Waals surface area contributed by atoms with Crippen molar-refractivity contribution in [1.29, 1.82) is 5.26 Å². The molecule has 0 radical (unpaired) electrons. The predicted octanol–water partition coefficient (Wildman–Crippen LogP) is 1.70. The van der Waals surface area contributed by atoms with Crippen molar-refractivity contribution in [2.75, 3.05) is 7.11 Å². The van der Waals surface area contributed by atoms with Gasteiger partial charge in [0.05, 0.1) is 19.2 Å². The van der Waals surface area contributed by atoms with Gasteiger partial charge in [-0.05, 0) is 17.7 Å². The fourth-order valence-electron chi connectivity index (χ4n) is 1.44. The van der Waals surface area contributed by atoms with Gasteiger partial charge < -0.3 is 14.9 Å². The summed E-state index contributed by atoms with van der Waals surface area (Å²) in [6.07, 6.45) is 0. The first kappa shape index (κ1) is 13.4. The van der Waals surface area contributed by atoms with Gasteiger partial charge in [-0.2, -0.15) is 5.26 Å². The monoisotopic (exact) mass is 276 g/mol. The van der Waals surface area contributed by atoms with E-state index < -0.39 is 0 Å². The molecule has 0 fully saturated rings. The summed E-state index contributed by atoms with van der Waals surface area (Å²) < 4.78 is 10.4. The van der Waals surface area contributed by atoms with Gasteiger partial charge in [-0.15, -0.1) is 10.2 Å². The van der Waals surface area contributed by atoms with E-state index in [9.17, 15) is 0 Å². The highest BCUT2D eigenvalue weighted by Gasteiger charge is 2.08. The summed E-state index contributed by atoms with van der Waals surface area (Å²) in [4.78, 5) is 0. The molecule has 6 nitrogen and oxygen atoms in total.